The zero-order valence-electron chi connectivity index (χ0n) is 11.1. The second kappa shape index (κ2) is 7.27. The smallest absolute Gasteiger partial charge is 0.236 e. The summed E-state index contributed by atoms with van der Waals surface area (Å²) in [7, 11) is 0. The molecule has 0 saturated heterocycles. The van der Waals surface area contributed by atoms with Gasteiger partial charge in [0.15, 0.2) is 0 Å². The average Bonchev–Trinajstić information content (AvgIpc) is 2.36. The molecule has 0 heterocycles. The van der Waals surface area contributed by atoms with Crippen molar-refractivity contribution in [1.82, 2.24) is 4.90 Å². The van der Waals surface area contributed by atoms with Gasteiger partial charge in [-0.2, -0.15) is 12.6 Å². The number of likely N-dealkylation sites (N-methyl/N-ethyl adjacent to an activating group) is 1. The van der Waals surface area contributed by atoms with Crippen LogP contribution in [0.15, 0.2) is 42.5 Å². The molecule has 0 aliphatic heterocycles. The topological polar surface area (TPSA) is 20.3 Å². The molecule has 0 spiro atoms. The van der Waals surface area contributed by atoms with Gasteiger partial charge >= 0.3 is 0 Å². The van der Waals surface area contributed by atoms with Crippen LogP contribution in [-0.4, -0.2) is 29.1 Å². The van der Waals surface area contributed by atoms with Crippen LogP contribution in [0.2, 0.25) is 0 Å². The zero-order valence-corrected chi connectivity index (χ0v) is 12.0. The van der Waals surface area contributed by atoms with Crippen molar-refractivity contribution >= 4 is 18.5 Å². The minimum absolute atomic E-state index is 0.0766. The molecular formula is C15H21NOS. The Morgan fingerprint density at radius 2 is 2.00 bits per heavy atom. The number of thiol groups is 1. The van der Waals surface area contributed by atoms with Crippen molar-refractivity contribution in [3.8, 4) is 0 Å². The molecular weight excluding hydrogens is 242 g/mol. The van der Waals surface area contributed by atoms with Crippen LogP contribution < -0.4 is 0 Å². The largest absolute Gasteiger partial charge is 0.338 e. The third kappa shape index (κ3) is 4.57. The molecule has 0 radical (unpaired) electrons. The van der Waals surface area contributed by atoms with Crippen LogP contribution in [-0.2, 0) is 11.2 Å². The first-order chi connectivity index (χ1) is 8.54. The van der Waals surface area contributed by atoms with Gasteiger partial charge in [0, 0.05) is 13.1 Å². The van der Waals surface area contributed by atoms with Crippen molar-refractivity contribution in [2.45, 2.75) is 25.5 Å². The lowest BCUT2D eigenvalue weighted by Gasteiger charge is -2.24. The van der Waals surface area contributed by atoms with E-state index in [9.17, 15) is 4.79 Å². The van der Waals surface area contributed by atoms with E-state index >= 15 is 0 Å². The van der Waals surface area contributed by atoms with E-state index in [0.29, 0.717) is 19.5 Å². The van der Waals surface area contributed by atoms with E-state index in [2.05, 4.69) is 19.2 Å². The lowest BCUT2D eigenvalue weighted by atomic mass is 10.1. The van der Waals surface area contributed by atoms with E-state index in [1.165, 1.54) is 0 Å². The molecule has 1 atom stereocenters. The number of hydrogen-bond acceptors (Lipinski definition) is 2. The van der Waals surface area contributed by atoms with Gasteiger partial charge in [-0.1, -0.05) is 42.5 Å². The van der Waals surface area contributed by atoms with Gasteiger partial charge in [-0.3, -0.25) is 4.79 Å². The van der Waals surface area contributed by atoms with Gasteiger partial charge in [0.2, 0.25) is 5.91 Å². The molecule has 18 heavy (non-hydrogen) atoms. The highest BCUT2D eigenvalue weighted by Gasteiger charge is 2.20. The van der Waals surface area contributed by atoms with Crippen LogP contribution in [0.5, 0.6) is 0 Å². The van der Waals surface area contributed by atoms with Gasteiger partial charge in [-0.25, -0.2) is 0 Å². The highest BCUT2D eigenvalue weighted by molar-refractivity contribution is 7.81. The summed E-state index contributed by atoms with van der Waals surface area (Å²) in [6.07, 6.45) is 0.662. The zero-order chi connectivity index (χ0) is 13.5. The number of carbonyl (C=O) groups excluding carboxylic acids is 1. The standard InChI is InChI=1S/C15H21NOS/c1-4-16(11-12(2)3)15(17)14(18)10-13-8-6-5-7-9-13/h5-9,14,18H,2,4,10-11H2,1,3H3. The Labute approximate surface area is 115 Å². The summed E-state index contributed by atoms with van der Waals surface area (Å²) in [5, 5.41) is -0.285. The van der Waals surface area contributed by atoms with Crippen LogP contribution in [0.4, 0.5) is 0 Å². The van der Waals surface area contributed by atoms with Gasteiger partial charge in [-0.15, -0.1) is 0 Å². The highest BCUT2D eigenvalue weighted by atomic mass is 32.1. The number of nitrogens with zero attached hydrogens (tertiary/aromatic N) is 1. The fraction of sp³-hybridized carbons (Fsp3) is 0.400. The first-order valence-electron chi connectivity index (χ1n) is 6.19. The number of amides is 1. The third-order valence-electron chi connectivity index (χ3n) is 2.71. The third-order valence-corrected chi connectivity index (χ3v) is 3.11. The molecule has 0 fully saturated rings. The van der Waals surface area contributed by atoms with Crippen LogP contribution >= 0.6 is 12.6 Å². The first kappa shape index (κ1) is 14.8. The normalized spacial score (nSPS) is 11.9. The molecule has 1 amide bonds. The Balaban J connectivity index is 2.62. The Morgan fingerprint density at radius 1 is 1.39 bits per heavy atom. The molecule has 0 aliphatic rings. The molecule has 0 bridgehead atoms. The van der Waals surface area contributed by atoms with Crippen molar-refractivity contribution in [2.75, 3.05) is 13.1 Å². The van der Waals surface area contributed by atoms with Crippen LogP contribution in [0.1, 0.15) is 19.4 Å². The molecule has 1 unspecified atom stereocenters. The molecule has 0 aliphatic carbocycles. The van der Waals surface area contributed by atoms with Gasteiger partial charge in [0.25, 0.3) is 0 Å². The Hall–Kier alpha value is -1.22. The molecule has 0 N–H and O–H groups in total. The predicted octanol–water partition coefficient (Wildman–Crippen LogP) is 2.95. The predicted molar refractivity (Wildman–Crippen MR) is 80.0 cm³/mol. The fourth-order valence-corrected chi connectivity index (χ4v) is 2.18. The summed E-state index contributed by atoms with van der Waals surface area (Å²) in [5.41, 5.74) is 2.13. The minimum Gasteiger partial charge on any atom is -0.338 e. The van der Waals surface area contributed by atoms with Crippen molar-refractivity contribution in [3.63, 3.8) is 0 Å². The molecule has 2 nitrogen and oxygen atoms in total. The summed E-state index contributed by atoms with van der Waals surface area (Å²) < 4.78 is 0. The number of carbonyl (C=O) groups is 1. The number of hydrogen-bond donors (Lipinski definition) is 1. The molecule has 1 aromatic carbocycles. The van der Waals surface area contributed by atoms with E-state index in [1.807, 2.05) is 44.2 Å². The molecule has 1 rings (SSSR count). The maximum atomic E-state index is 12.2. The Morgan fingerprint density at radius 3 is 2.50 bits per heavy atom. The van der Waals surface area contributed by atoms with Crippen LogP contribution in [0.25, 0.3) is 0 Å². The molecule has 0 saturated carbocycles. The maximum absolute atomic E-state index is 12.2. The highest BCUT2D eigenvalue weighted by Crippen LogP contribution is 2.11. The number of rotatable bonds is 6. The summed E-state index contributed by atoms with van der Waals surface area (Å²) in [4.78, 5) is 14.0. The second-order valence-electron chi connectivity index (χ2n) is 4.52. The van der Waals surface area contributed by atoms with Crippen molar-refractivity contribution in [2.24, 2.45) is 0 Å². The fourth-order valence-electron chi connectivity index (χ4n) is 1.81. The monoisotopic (exact) mass is 263 g/mol. The SMILES string of the molecule is C=C(C)CN(CC)C(=O)C(S)Cc1ccccc1. The Kier molecular flexibility index (Phi) is 5.99. The average molecular weight is 263 g/mol. The molecule has 98 valence electrons. The van der Waals surface area contributed by atoms with Crippen LogP contribution in [0, 0.1) is 0 Å². The van der Waals surface area contributed by atoms with Crippen molar-refractivity contribution in [1.29, 1.82) is 0 Å². The summed E-state index contributed by atoms with van der Waals surface area (Å²) in [6.45, 7) is 9.06. The van der Waals surface area contributed by atoms with Crippen molar-refractivity contribution in [3.05, 3.63) is 48.0 Å². The van der Waals surface area contributed by atoms with E-state index in [1.54, 1.807) is 4.90 Å². The van der Waals surface area contributed by atoms with Gasteiger partial charge in [0.1, 0.15) is 0 Å². The summed E-state index contributed by atoms with van der Waals surface area (Å²) in [5.74, 6) is 0.0766. The first-order valence-corrected chi connectivity index (χ1v) is 6.71. The van der Waals surface area contributed by atoms with E-state index in [4.69, 9.17) is 0 Å². The molecule has 0 aromatic heterocycles. The van der Waals surface area contributed by atoms with E-state index in [-0.39, 0.29) is 11.2 Å². The van der Waals surface area contributed by atoms with Gasteiger partial charge in [0.05, 0.1) is 5.25 Å². The maximum Gasteiger partial charge on any atom is 0.236 e. The Bertz CT molecular complexity index is 402. The van der Waals surface area contributed by atoms with E-state index in [0.717, 1.165) is 11.1 Å². The van der Waals surface area contributed by atoms with E-state index < -0.39 is 0 Å². The molecule has 1 aromatic rings. The van der Waals surface area contributed by atoms with Gasteiger partial charge < -0.3 is 4.90 Å². The lowest BCUT2D eigenvalue weighted by Crippen LogP contribution is -2.38. The van der Waals surface area contributed by atoms with Gasteiger partial charge in [-0.05, 0) is 25.8 Å². The number of benzene rings is 1. The van der Waals surface area contributed by atoms with Crippen LogP contribution in [0.3, 0.4) is 0 Å². The van der Waals surface area contributed by atoms with Crippen molar-refractivity contribution < 1.29 is 4.79 Å². The summed E-state index contributed by atoms with van der Waals surface area (Å²) in [6, 6.07) is 9.97. The minimum atomic E-state index is -0.285. The lowest BCUT2D eigenvalue weighted by molar-refractivity contribution is -0.129. The quantitative estimate of drug-likeness (QED) is 0.618. The second-order valence-corrected chi connectivity index (χ2v) is 5.14. The summed E-state index contributed by atoms with van der Waals surface area (Å²) >= 11 is 4.43. The molecule has 3 heteroatoms.